The average molecular weight is 393 g/mol. The summed E-state index contributed by atoms with van der Waals surface area (Å²) in [5, 5.41) is 6.42. The van der Waals surface area contributed by atoms with Crippen molar-refractivity contribution in [2.24, 2.45) is 0 Å². The molecular formula is C19H23ClN3O2S+. The standard InChI is InChI=1S/C19H22ClN3O2S/c1-23(12-18(24)21-11-14-7-9-15(20)10-8-14)13-19(25)22-16-5-3-4-6-17(16)26-2/h3-10H,11-13H2,1-2H3,(H,21,24)(H,22,25)/p+1. The molecule has 0 spiro atoms. The number of quaternary nitrogens is 1. The minimum atomic E-state index is -0.116. The van der Waals surface area contributed by atoms with Gasteiger partial charge in [0, 0.05) is 16.5 Å². The zero-order valence-electron chi connectivity index (χ0n) is 14.8. The van der Waals surface area contributed by atoms with Gasteiger partial charge in [0.1, 0.15) is 0 Å². The number of benzene rings is 2. The van der Waals surface area contributed by atoms with Gasteiger partial charge in [-0.3, -0.25) is 9.59 Å². The van der Waals surface area contributed by atoms with E-state index in [4.69, 9.17) is 11.6 Å². The Morgan fingerprint density at radius 2 is 1.69 bits per heavy atom. The van der Waals surface area contributed by atoms with E-state index in [0.29, 0.717) is 11.6 Å². The lowest BCUT2D eigenvalue weighted by molar-refractivity contribution is -0.862. The van der Waals surface area contributed by atoms with Crippen molar-refractivity contribution in [2.75, 3.05) is 31.7 Å². The lowest BCUT2D eigenvalue weighted by atomic mass is 10.2. The molecule has 0 aliphatic rings. The molecule has 3 N–H and O–H groups in total. The predicted molar refractivity (Wildman–Crippen MR) is 107 cm³/mol. The van der Waals surface area contributed by atoms with Crippen LogP contribution in [-0.2, 0) is 16.1 Å². The molecule has 1 atom stereocenters. The van der Waals surface area contributed by atoms with Crippen LogP contribution < -0.4 is 15.5 Å². The lowest BCUT2D eigenvalue weighted by Gasteiger charge is -2.14. The van der Waals surface area contributed by atoms with Gasteiger partial charge in [-0.2, -0.15) is 0 Å². The van der Waals surface area contributed by atoms with Gasteiger partial charge < -0.3 is 15.5 Å². The number of likely N-dealkylation sites (N-methyl/N-ethyl adjacent to an activating group) is 1. The molecule has 0 saturated heterocycles. The molecule has 0 heterocycles. The van der Waals surface area contributed by atoms with E-state index in [1.54, 1.807) is 23.9 Å². The molecule has 7 heteroatoms. The Morgan fingerprint density at radius 1 is 1.04 bits per heavy atom. The first kappa shape index (κ1) is 20.3. The number of nitrogens with one attached hydrogen (secondary N) is 3. The van der Waals surface area contributed by atoms with Crippen molar-refractivity contribution in [2.45, 2.75) is 11.4 Å². The van der Waals surface area contributed by atoms with Gasteiger partial charge in [-0.15, -0.1) is 11.8 Å². The van der Waals surface area contributed by atoms with E-state index in [9.17, 15) is 9.59 Å². The first-order chi connectivity index (χ1) is 12.5. The Hall–Kier alpha value is -2.02. The molecule has 2 amide bonds. The summed E-state index contributed by atoms with van der Waals surface area (Å²) in [6, 6.07) is 15.0. The predicted octanol–water partition coefficient (Wildman–Crippen LogP) is 1.83. The van der Waals surface area contributed by atoms with Crippen LogP contribution in [0, 0.1) is 0 Å². The van der Waals surface area contributed by atoms with E-state index >= 15 is 0 Å². The van der Waals surface area contributed by atoms with Gasteiger partial charge in [0.2, 0.25) is 0 Å². The summed E-state index contributed by atoms with van der Waals surface area (Å²) < 4.78 is 0. The topological polar surface area (TPSA) is 62.6 Å². The minimum Gasteiger partial charge on any atom is -0.347 e. The first-order valence-corrected chi connectivity index (χ1v) is 9.83. The quantitative estimate of drug-likeness (QED) is 0.600. The molecule has 26 heavy (non-hydrogen) atoms. The number of hydrogen-bond acceptors (Lipinski definition) is 3. The minimum absolute atomic E-state index is 0.102. The van der Waals surface area contributed by atoms with E-state index < -0.39 is 0 Å². The highest BCUT2D eigenvalue weighted by molar-refractivity contribution is 7.98. The number of carbonyl (C=O) groups excluding carboxylic acids is 2. The fraction of sp³-hybridized carbons (Fsp3) is 0.263. The normalized spacial score (nSPS) is 11.7. The van der Waals surface area contributed by atoms with Crippen LogP contribution in [-0.4, -0.2) is 38.2 Å². The molecule has 5 nitrogen and oxygen atoms in total. The van der Waals surface area contributed by atoms with Crippen LogP contribution in [0.25, 0.3) is 0 Å². The van der Waals surface area contributed by atoms with Gasteiger partial charge in [-0.05, 0) is 36.1 Å². The molecule has 0 aromatic heterocycles. The number of anilines is 1. The van der Waals surface area contributed by atoms with Crippen molar-refractivity contribution in [1.29, 1.82) is 0 Å². The Kier molecular flexibility index (Phi) is 7.97. The fourth-order valence-electron chi connectivity index (χ4n) is 2.42. The Balaban J connectivity index is 1.76. The average Bonchev–Trinajstić information content (AvgIpc) is 2.61. The summed E-state index contributed by atoms with van der Waals surface area (Å²) in [6.45, 7) is 0.888. The molecule has 2 rings (SSSR count). The molecule has 0 radical (unpaired) electrons. The van der Waals surface area contributed by atoms with Crippen molar-refractivity contribution < 1.29 is 14.5 Å². The van der Waals surface area contributed by atoms with E-state index in [0.717, 1.165) is 21.0 Å². The fourth-order valence-corrected chi connectivity index (χ4v) is 3.10. The van der Waals surface area contributed by atoms with Crippen molar-refractivity contribution in [1.82, 2.24) is 5.32 Å². The molecule has 0 fully saturated rings. The molecule has 0 saturated carbocycles. The highest BCUT2D eigenvalue weighted by Gasteiger charge is 2.15. The van der Waals surface area contributed by atoms with Crippen LogP contribution in [0.3, 0.4) is 0 Å². The third-order valence-electron chi connectivity index (χ3n) is 3.71. The molecule has 0 bridgehead atoms. The Labute approximate surface area is 163 Å². The molecule has 0 aliphatic carbocycles. The van der Waals surface area contributed by atoms with Crippen LogP contribution in [0.2, 0.25) is 5.02 Å². The molecular weight excluding hydrogens is 370 g/mol. The highest BCUT2D eigenvalue weighted by Crippen LogP contribution is 2.24. The second kappa shape index (κ2) is 10.2. The smallest absolute Gasteiger partial charge is 0.279 e. The SMILES string of the molecule is CSc1ccccc1NC(=O)C[NH+](C)CC(=O)NCc1ccc(Cl)cc1. The maximum atomic E-state index is 12.2. The monoisotopic (exact) mass is 392 g/mol. The molecule has 2 aromatic carbocycles. The summed E-state index contributed by atoms with van der Waals surface area (Å²) in [5.74, 6) is -0.218. The summed E-state index contributed by atoms with van der Waals surface area (Å²) in [4.78, 5) is 26.1. The van der Waals surface area contributed by atoms with Crippen LogP contribution >= 0.6 is 23.4 Å². The highest BCUT2D eigenvalue weighted by atomic mass is 35.5. The zero-order valence-corrected chi connectivity index (χ0v) is 16.4. The Morgan fingerprint density at radius 3 is 2.38 bits per heavy atom. The number of hydrogen-bond donors (Lipinski definition) is 3. The van der Waals surface area contributed by atoms with Crippen molar-refractivity contribution in [3.8, 4) is 0 Å². The largest absolute Gasteiger partial charge is 0.347 e. The number of rotatable bonds is 8. The van der Waals surface area contributed by atoms with Gasteiger partial charge in [-0.1, -0.05) is 35.9 Å². The van der Waals surface area contributed by atoms with Crippen LogP contribution in [0.5, 0.6) is 0 Å². The van der Waals surface area contributed by atoms with E-state index in [2.05, 4.69) is 10.6 Å². The van der Waals surface area contributed by atoms with E-state index in [1.165, 1.54) is 0 Å². The summed E-state index contributed by atoms with van der Waals surface area (Å²) in [5.41, 5.74) is 1.77. The third-order valence-corrected chi connectivity index (χ3v) is 4.76. The van der Waals surface area contributed by atoms with Crippen LogP contribution in [0.15, 0.2) is 53.4 Å². The van der Waals surface area contributed by atoms with Gasteiger partial charge in [0.15, 0.2) is 13.1 Å². The first-order valence-electron chi connectivity index (χ1n) is 8.23. The molecule has 2 aromatic rings. The molecule has 138 valence electrons. The lowest BCUT2D eigenvalue weighted by Crippen LogP contribution is -3.11. The van der Waals surface area contributed by atoms with Gasteiger partial charge in [0.05, 0.1) is 12.7 Å². The third kappa shape index (κ3) is 6.71. The van der Waals surface area contributed by atoms with Crippen molar-refractivity contribution in [3.05, 3.63) is 59.1 Å². The van der Waals surface area contributed by atoms with Gasteiger partial charge in [0.25, 0.3) is 11.8 Å². The number of amides is 2. The van der Waals surface area contributed by atoms with E-state index in [1.807, 2.05) is 49.7 Å². The zero-order chi connectivity index (χ0) is 18.9. The van der Waals surface area contributed by atoms with E-state index in [-0.39, 0.29) is 24.9 Å². The summed E-state index contributed by atoms with van der Waals surface area (Å²) >= 11 is 7.42. The summed E-state index contributed by atoms with van der Waals surface area (Å²) in [7, 11) is 1.82. The maximum Gasteiger partial charge on any atom is 0.279 e. The van der Waals surface area contributed by atoms with Crippen molar-refractivity contribution >= 4 is 40.9 Å². The number of para-hydroxylation sites is 1. The molecule has 0 aliphatic heterocycles. The number of carbonyl (C=O) groups is 2. The molecule has 1 unspecified atom stereocenters. The van der Waals surface area contributed by atoms with Crippen molar-refractivity contribution in [3.63, 3.8) is 0 Å². The maximum absolute atomic E-state index is 12.2. The number of thioether (sulfide) groups is 1. The summed E-state index contributed by atoms with van der Waals surface area (Å²) in [6.07, 6.45) is 1.97. The van der Waals surface area contributed by atoms with Crippen LogP contribution in [0.1, 0.15) is 5.56 Å². The number of halogens is 1. The second-order valence-corrected chi connectivity index (χ2v) is 7.25. The van der Waals surface area contributed by atoms with Gasteiger partial charge in [-0.25, -0.2) is 0 Å². The van der Waals surface area contributed by atoms with Crippen LogP contribution in [0.4, 0.5) is 5.69 Å². The second-order valence-electron chi connectivity index (χ2n) is 5.96. The van der Waals surface area contributed by atoms with Gasteiger partial charge >= 0.3 is 0 Å². The Bertz CT molecular complexity index is 753.